The van der Waals surface area contributed by atoms with Crippen LogP contribution in [0.4, 0.5) is 5.95 Å². The van der Waals surface area contributed by atoms with Crippen LogP contribution in [0, 0.1) is 0 Å². The van der Waals surface area contributed by atoms with Gasteiger partial charge in [-0.3, -0.25) is 0 Å². The molecule has 3 heterocycles. The number of tetrazole rings is 1. The van der Waals surface area contributed by atoms with Gasteiger partial charge in [0.25, 0.3) is 5.89 Å². The third kappa shape index (κ3) is 2.92. The SMILES string of the molecule is COc1ccccc1-c1nc(C2CCN(c3nnnn3C)CC2)no1. The number of benzene rings is 1. The summed E-state index contributed by atoms with van der Waals surface area (Å²) in [5.74, 6) is 3.03. The number of rotatable bonds is 4. The monoisotopic (exact) mass is 341 g/mol. The minimum atomic E-state index is 0.268. The van der Waals surface area contributed by atoms with Crippen LogP contribution in [0.1, 0.15) is 24.6 Å². The van der Waals surface area contributed by atoms with E-state index in [2.05, 4.69) is 30.6 Å². The largest absolute Gasteiger partial charge is 0.496 e. The Morgan fingerprint density at radius 2 is 2.00 bits per heavy atom. The molecule has 2 aromatic heterocycles. The Balaban J connectivity index is 1.48. The highest BCUT2D eigenvalue weighted by Gasteiger charge is 2.27. The van der Waals surface area contributed by atoms with Crippen molar-refractivity contribution in [3.05, 3.63) is 30.1 Å². The zero-order valence-electron chi connectivity index (χ0n) is 14.2. The first kappa shape index (κ1) is 15.6. The third-order valence-electron chi connectivity index (χ3n) is 4.52. The van der Waals surface area contributed by atoms with Crippen molar-refractivity contribution < 1.29 is 9.26 Å². The van der Waals surface area contributed by atoms with Gasteiger partial charge in [0.2, 0.25) is 5.95 Å². The predicted octanol–water partition coefficient (Wildman–Crippen LogP) is 1.65. The molecular weight excluding hydrogens is 322 g/mol. The molecule has 25 heavy (non-hydrogen) atoms. The van der Waals surface area contributed by atoms with Crippen molar-refractivity contribution in [3.63, 3.8) is 0 Å². The van der Waals surface area contributed by atoms with Crippen molar-refractivity contribution in [3.8, 4) is 17.2 Å². The maximum absolute atomic E-state index is 5.47. The number of ether oxygens (including phenoxy) is 1. The summed E-state index contributed by atoms with van der Waals surface area (Å²) in [5.41, 5.74) is 0.811. The Hall–Kier alpha value is -2.97. The Labute approximate surface area is 144 Å². The maximum Gasteiger partial charge on any atom is 0.261 e. The average molecular weight is 341 g/mol. The van der Waals surface area contributed by atoms with Crippen LogP contribution in [0.5, 0.6) is 5.75 Å². The molecule has 1 aliphatic heterocycles. The van der Waals surface area contributed by atoms with E-state index in [1.165, 1.54) is 0 Å². The molecule has 0 amide bonds. The Morgan fingerprint density at radius 3 is 2.72 bits per heavy atom. The molecule has 0 atom stereocenters. The molecule has 1 aromatic carbocycles. The first-order valence-electron chi connectivity index (χ1n) is 8.20. The van der Waals surface area contributed by atoms with Gasteiger partial charge in [0.05, 0.1) is 12.7 Å². The lowest BCUT2D eigenvalue weighted by molar-refractivity contribution is 0.393. The van der Waals surface area contributed by atoms with Crippen LogP contribution in [0.3, 0.4) is 0 Å². The molecule has 0 saturated carbocycles. The number of hydrogen-bond donors (Lipinski definition) is 0. The van der Waals surface area contributed by atoms with E-state index in [9.17, 15) is 0 Å². The number of methoxy groups -OCH3 is 1. The molecule has 9 heteroatoms. The van der Waals surface area contributed by atoms with Gasteiger partial charge in [0.15, 0.2) is 5.82 Å². The third-order valence-corrected chi connectivity index (χ3v) is 4.52. The number of aromatic nitrogens is 6. The normalized spacial score (nSPS) is 15.5. The number of anilines is 1. The lowest BCUT2D eigenvalue weighted by Gasteiger charge is -2.30. The molecule has 0 bridgehead atoms. The molecule has 0 spiro atoms. The molecule has 0 radical (unpaired) electrons. The van der Waals surface area contributed by atoms with Crippen LogP contribution in [-0.2, 0) is 7.05 Å². The number of para-hydroxylation sites is 1. The first-order valence-corrected chi connectivity index (χ1v) is 8.20. The molecule has 3 aromatic rings. The lowest BCUT2D eigenvalue weighted by atomic mass is 9.96. The quantitative estimate of drug-likeness (QED) is 0.707. The predicted molar refractivity (Wildman–Crippen MR) is 89.3 cm³/mol. The molecule has 1 saturated heterocycles. The number of nitrogens with zero attached hydrogens (tertiary/aromatic N) is 7. The molecular formula is C16H19N7O2. The second-order valence-electron chi connectivity index (χ2n) is 6.02. The number of aryl methyl sites for hydroxylation is 1. The van der Waals surface area contributed by atoms with Crippen LogP contribution in [-0.4, -0.2) is 50.5 Å². The van der Waals surface area contributed by atoms with E-state index in [1.54, 1.807) is 11.8 Å². The second kappa shape index (κ2) is 6.50. The van der Waals surface area contributed by atoms with E-state index in [4.69, 9.17) is 9.26 Å². The van der Waals surface area contributed by atoms with Crippen LogP contribution >= 0.6 is 0 Å². The van der Waals surface area contributed by atoms with Crippen LogP contribution in [0.2, 0.25) is 0 Å². The van der Waals surface area contributed by atoms with Crippen LogP contribution in [0.25, 0.3) is 11.5 Å². The van der Waals surface area contributed by atoms with E-state index in [1.807, 2.05) is 31.3 Å². The van der Waals surface area contributed by atoms with Gasteiger partial charge in [0.1, 0.15) is 5.75 Å². The van der Waals surface area contributed by atoms with E-state index in [-0.39, 0.29) is 5.92 Å². The standard InChI is InChI=1S/C16H19N7O2/c1-22-16(18-20-21-22)23-9-7-11(8-10-23)14-17-15(25-19-14)12-5-3-4-6-13(12)24-2/h3-6,11H,7-10H2,1-2H3. The molecule has 0 N–H and O–H groups in total. The zero-order valence-corrected chi connectivity index (χ0v) is 14.2. The van der Waals surface area contributed by atoms with Crippen molar-refractivity contribution in [2.45, 2.75) is 18.8 Å². The highest BCUT2D eigenvalue weighted by Crippen LogP contribution is 2.32. The number of piperidine rings is 1. The van der Waals surface area contributed by atoms with E-state index in [0.29, 0.717) is 5.89 Å². The molecule has 9 nitrogen and oxygen atoms in total. The van der Waals surface area contributed by atoms with Crippen LogP contribution < -0.4 is 9.64 Å². The minimum absolute atomic E-state index is 0.268. The van der Waals surface area contributed by atoms with Gasteiger partial charge in [-0.2, -0.15) is 4.98 Å². The van der Waals surface area contributed by atoms with Gasteiger partial charge in [-0.05, 0) is 35.4 Å². The summed E-state index contributed by atoms with van der Waals surface area (Å²) < 4.78 is 12.5. The first-order chi connectivity index (χ1) is 12.3. The van der Waals surface area contributed by atoms with E-state index >= 15 is 0 Å². The van der Waals surface area contributed by atoms with Crippen molar-refractivity contribution in [2.75, 3.05) is 25.1 Å². The highest BCUT2D eigenvalue weighted by molar-refractivity contribution is 5.62. The topological polar surface area (TPSA) is 95.0 Å². The van der Waals surface area contributed by atoms with Crippen LogP contribution in [0.15, 0.2) is 28.8 Å². The van der Waals surface area contributed by atoms with E-state index < -0.39 is 0 Å². The van der Waals surface area contributed by atoms with Gasteiger partial charge in [-0.25, -0.2) is 4.68 Å². The summed E-state index contributed by atoms with van der Waals surface area (Å²) in [6.07, 6.45) is 1.86. The number of hydrogen-bond acceptors (Lipinski definition) is 8. The van der Waals surface area contributed by atoms with Crippen molar-refractivity contribution in [1.82, 2.24) is 30.3 Å². The Morgan fingerprint density at radius 1 is 1.20 bits per heavy atom. The summed E-state index contributed by atoms with van der Waals surface area (Å²) in [6.45, 7) is 1.72. The fourth-order valence-electron chi connectivity index (χ4n) is 3.16. The van der Waals surface area contributed by atoms with Gasteiger partial charge in [-0.1, -0.05) is 22.4 Å². The molecule has 130 valence electrons. The Kier molecular flexibility index (Phi) is 4.04. The van der Waals surface area contributed by atoms with Gasteiger partial charge in [-0.15, -0.1) is 0 Å². The highest BCUT2D eigenvalue weighted by atomic mass is 16.5. The van der Waals surface area contributed by atoms with Gasteiger partial charge in [0, 0.05) is 26.1 Å². The molecule has 0 unspecified atom stereocenters. The lowest BCUT2D eigenvalue weighted by Crippen LogP contribution is -2.35. The van der Waals surface area contributed by atoms with Crippen molar-refractivity contribution in [1.29, 1.82) is 0 Å². The zero-order chi connectivity index (χ0) is 17.2. The van der Waals surface area contributed by atoms with Gasteiger partial charge >= 0.3 is 0 Å². The molecule has 1 fully saturated rings. The summed E-state index contributed by atoms with van der Waals surface area (Å²) in [6, 6.07) is 7.64. The Bertz CT molecular complexity index is 852. The molecule has 1 aliphatic rings. The summed E-state index contributed by atoms with van der Waals surface area (Å²) in [4.78, 5) is 6.77. The van der Waals surface area contributed by atoms with Gasteiger partial charge < -0.3 is 14.2 Å². The fourth-order valence-corrected chi connectivity index (χ4v) is 3.16. The summed E-state index contributed by atoms with van der Waals surface area (Å²) in [5, 5.41) is 15.8. The average Bonchev–Trinajstić information content (AvgIpc) is 3.31. The maximum atomic E-state index is 5.47. The summed E-state index contributed by atoms with van der Waals surface area (Å²) in [7, 11) is 3.48. The van der Waals surface area contributed by atoms with Crippen molar-refractivity contribution in [2.24, 2.45) is 7.05 Å². The molecule has 4 rings (SSSR count). The fraction of sp³-hybridized carbons (Fsp3) is 0.438. The smallest absolute Gasteiger partial charge is 0.261 e. The van der Waals surface area contributed by atoms with Crippen molar-refractivity contribution >= 4 is 5.95 Å². The minimum Gasteiger partial charge on any atom is -0.496 e. The summed E-state index contributed by atoms with van der Waals surface area (Å²) >= 11 is 0. The molecule has 0 aliphatic carbocycles. The second-order valence-corrected chi connectivity index (χ2v) is 6.02. The van der Waals surface area contributed by atoms with E-state index in [0.717, 1.165) is 49.0 Å².